The molecule has 0 spiro atoms. The first-order valence-corrected chi connectivity index (χ1v) is 9.61. The van der Waals surface area contributed by atoms with E-state index in [0.29, 0.717) is 13.1 Å². The third kappa shape index (κ3) is 4.57. The molecule has 1 atom stereocenters. The van der Waals surface area contributed by atoms with Crippen molar-refractivity contribution >= 4 is 16.5 Å². The van der Waals surface area contributed by atoms with E-state index >= 15 is 0 Å². The summed E-state index contributed by atoms with van der Waals surface area (Å²) < 4.78 is 0. The fraction of sp³-hybridized carbons (Fsp3) is 0.579. The van der Waals surface area contributed by atoms with Gasteiger partial charge < -0.3 is 10.0 Å². The third-order valence-corrected chi connectivity index (χ3v) is 6.04. The molecule has 136 valence electrons. The number of aromatic nitrogens is 2. The Balaban J connectivity index is 1.59. The maximum atomic E-state index is 11.0. The number of likely N-dealkylation sites (tertiary alicyclic amines) is 1. The minimum atomic E-state index is -0.697. The SMILES string of the molecule is CN(CC1(O)CCN(Cc2ccccc2)C1)c1nnc(C(C)(C)C)s1. The van der Waals surface area contributed by atoms with Crippen LogP contribution in [0.15, 0.2) is 30.3 Å². The molecule has 6 heteroatoms. The highest BCUT2D eigenvalue weighted by atomic mass is 32.1. The van der Waals surface area contributed by atoms with Crippen molar-refractivity contribution < 1.29 is 5.11 Å². The lowest BCUT2D eigenvalue weighted by Gasteiger charge is -2.28. The molecular weight excluding hydrogens is 332 g/mol. The fourth-order valence-corrected chi connectivity index (χ4v) is 4.09. The van der Waals surface area contributed by atoms with Gasteiger partial charge in [0.2, 0.25) is 5.13 Å². The van der Waals surface area contributed by atoms with Crippen LogP contribution in [0.3, 0.4) is 0 Å². The standard InChI is InChI=1S/C19H28N4OS/c1-18(2,3)16-20-21-17(25-16)22(4)13-19(24)10-11-23(14-19)12-15-8-6-5-7-9-15/h5-9,24H,10-14H2,1-4H3. The van der Waals surface area contributed by atoms with Gasteiger partial charge in [-0.1, -0.05) is 62.4 Å². The Kier molecular flexibility index (Phi) is 5.14. The summed E-state index contributed by atoms with van der Waals surface area (Å²) in [7, 11) is 1.99. The first kappa shape index (κ1) is 18.3. The van der Waals surface area contributed by atoms with E-state index in [0.717, 1.165) is 29.6 Å². The number of β-amino-alcohol motifs (C(OH)–C–C–N with tert-alkyl or cyclic N) is 1. The fourth-order valence-electron chi connectivity index (χ4n) is 3.23. The van der Waals surface area contributed by atoms with Crippen LogP contribution in [0, 0.1) is 0 Å². The molecule has 2 aromatic rings. The molecule has 1 aliphatic heterocycles. The Hall–Kier alpha value is -1.50. The van der Waals surface area contributed by atoms with Gasteiger partial charge in [-0.3, -0.25) is 4.90 Å². The molecule has 2 heterocycles. The van der Waals surface area contributed by atoms with Crippen LogP contribution in [0.5, 0.6) is 0 Å². The quantitative estimate of drug-likeness (QED) is 0.888. The van der Waals surface area contributed by atoms with E-state index in [1.54, 1.807) is 11.3 Å². The van der Waals surface area contributed by atoms with Crippen molar-refractivity contribution in [3.63, 3.8) is 0 Å². The average Bonchev–Trinajstić information content (AvgIpc) is 3.15. The Bertz CT molecular complexity index is 697. The predicted molar refractivity (Wildman–Crippen MR) is 103 cm³/mol. The van der Waals surface area contributed by atoms with Crippen LogP contribution >= 0.6 is 11.3 Å². The largest absolute Gasteiger partial charge is 0.387 e. The number of likely N-dealkylation sites (N-methyl/N-ethyl adjacent to an activating group) is 1. The monoisotopic (exact) mass is 360 g/mol. The molecule has 0 bridgehead atoms. The highest BCUT2D eigenvalue weighted by molar-refractivity contribution is 7.15. The molecular formula is C19H28N4OS. The molecule has 1 saturated heterocycles. The summed E-state index contributed by atoms with van der Waals surface area (Å²) in [6, 6.07) is 10.4. The molecule has 5 nitrogen and oxygen atoms in total. The van der Waals surface area contributed by atoms with Gasteiger partial charge in [-0.15, -0.1) is 10.2 Å². The number of aliphatic hydroxyl groups is 1. The third-order valence-electron chi connectivity index (χ3n) is 4.57. The van der Waals surface area contributed by atoms with E-state index in [-0.39, 0.29) is 5.41 Å². The molecule has 0 aliphatic carbocycles. The highest BCUT2D eigenvalue weighted by Crippen LogP contribution is 2.31. The normalized spacial score (nSPS) is 21.6. The summed E-state index contributed by atoms with van der Waals surface area (Å²) in [5, 5.41) is 21.5. The molecule has 1 aromatic carbocycles. The highest BCUT2D eigenvalue weighted by Gasteiger charge is 2.37. The van der Waals surface area contributed by atoms with E-state index in [4.69, 9.17) is 0 Å². The lowest BCUT2D eigenvalue weighted by molar-refractivity contribution is 0.0562. The predicted octanol–water partition coefficient (Wildman–Crippen LogP) is 2.91. The molecule has 25 heavy (non-hydrogen) atoms. The number of anilines is 1. The molecule has 0 amide bonds. The van der Waals surface area contributed by atoms with Gasteiger partial charge in [0.25, 0.3) is 0 Å². The molecule has 1 fully saturated rings. The van der Waals surface area contributed by atoms with E-state index in [9.17, 15) is 5.11 Å². The van der Waals surface area contributed by atoms with E-state index in [1.807, 2.05) is 18.0 Å². The van der Waals surface area contributed by atoms with Crippen LogP contribution < -0.4 is 4.90 Å². The maximum Gasteiger partial charge on any atom is 0.208 e. The minimum absolute atomic E-state index is 0.00744. The van der Waals surface area contributed by atoms with Gasteiger partial charge in [-0.05, 0) is 12.0 Å². The van der Waals surface area contributed by atoms with Crippen molar-refractivity contribution in [3.05, 3.63) is 40.9 Å². The van der Waals surface area contributed by atoms with Crippen LogP contribution in [-0.2, 0) is 12.0 Å². The zero-order chi connectivity index (χ0) is 18.1. The average molecular weight is 361 g/mol. The number of hydrogen-bond acceptors (Lipinski definition) is 6. The van der Waals surface area contributed by atoms with Gasteiger partial charge in [-0.25, -0.2) is 0 Å². The number of rotatable bonds is 5. The van der Waals surface area contributed by atoms with E-state index in [1.165, 1.54) is 5.56 Å². The van der Waals surface area contributed by atoms with Crippen molar-refractivity contribution in [1.82, 2.24) is 15.1 Å². The van der Waals surface area contributed by atoms with Crippen molar-refractivity contribution in [2.45, 2.75) is 44.8 Å². The zero-order valence-electron chi connectivity index (χ0n) is 15.6. The molecule has 1 unspecified atom stereocenters. The second-order valence-corrected chi connectivity index (χ2v) is 9.12. The summed E-state index contributed by atoms with van der Waals surface area (Å²) in [6.45, 7) is 9.51. The molecule has 1 aliphatic rings. The first-order valence-electron chi connectivity index (χ1n) is 8.79. The van der Waals surface area contributed by atoms with Gasteiger partial charge >= 0.3 is 0 Å². The van der Waals surface area contributed by atoms with Gasteiger partial charge in [0.15, 0.2) is 0 Å². The summed E-state index contributed by atoms with van der Waals surface area (Å²) >= 11 is 1.61. The molecule has 1 N–H and O–H groups in total. The molecule has 1 aromatic heterocycles. The number of nitrogens with zero attached hydrogens (tertiary/aromatic N) is 4. The van der Waals surface area contributed by atoms with E-state index in [2.05, 4.69) is 60.1 Å². The van der Waals surface area contributed by atoms with Crippen molar-refractivity contribution in [3.8, 4) is 0 Å². The Morgan fingerprint density at radius 3 is 2.60 bits per heavy atom. The summed E-state index contributed by atoms with van der Waals surface area (Å²) in [5.74, 6) is 0. The van der Waals surface area contributed by atoms with Crippen LogP contribution in [0.2, 0.25) is 0 Å². The first-order chi connectivity index (χ1) is 11.8. The Morgan fingerprint density at radius 1 is 1.24 bits per heavy atom. The van der Waals surface area contributed by atoms with Crippen molar-refractivity contribution in [1.29, 1.82) is 0 Å². The van der Waals surface area contributed by atoms with Gasteiger partial charge in [0.05, 0.1) is 5.60 Å². The molecule has 0 radical (unpaired) electrons. The number of hydrogen-bond donors (Lipinski definition) is 1. The van der Waals surface area contributed by atoms with Crippen LogP contribution in [0.4, 0.5) is 5.13 Å². The second-order valence-electron chi connectivity index (χ2n) is 8.17. The number of benzene rings is 1. The van der Waals surface area contributed by atoms with Crippen LogP contribution in [-0.4, -0.2) is 52.5 Å². The summed E-state index contributed by atoms with van der Waals surface area (Å²) in [6.07, 6.45) is 0.787. The smallest absolute Gasteiger partial charge is 0.208 e. The lowest BCUT2D eigenvalue weighted by atomic mass is 9.98. The van der Waals surface area contributed by atoms with Crippen molar-refractivity contribution in [2.75, 3.05) is 31.6 Å². The zero-order valence-corrected chi connectivity index (χ0v) is 16.4. The Labute approximate surface area is 154 Å². The summed E-state index contributed by atoms with van der Waals surface area (Å²) in [4.78, 5) is 4.36. The molecule has 0 saturated carbocycles. The minimum Gasteiger partial charge on any atom is -0.387 e. The second kappa shape index (κ2) is 7.02. The maximum absolute atomic E-state index is 11.0. The van der Waals surface area contributed by atoms with Crippen LogP contribution in [0.1, 0.15) is 37.8 Å². The van der Waals surface area contributed by atoms with Crippen LogP contribution in [0.25, 0.3) is 0 Å². The molecule has 3 rings (SSSR count). The topological polar surface area (TPSA) is 52.5 Å². The van der Waals surface area contributed by atoms with E-state index < -0.39 is 5.60 Å². The van der Waals surface area contributed by atoms with Gasteiger partial charge in [-0.2, -0.15) is 0 Å². The van der Waals surface area contributed by atoms with Crippen molar-refractivity contribution in [2.24, 2.45) is 0 Å². The van der Waals surface area contributed by atoms with Gasteiger partial charge in [0, 0.05) is 38.6 Å². The Morgan fingerprint density at radius 2 is 1.96 bits per heavy atom. The summed E-state index contributed by atoms with van der Waals surface area (Å²) in [5.41, 5.74) is 0.601. The lowest BCUT2D eigenvalue weighted by Crippen LogP contribution is -2.43. The van der Waals surface area contributed by atoms with Gasteiger partial charge in [0.1, 0.15) is 5.01 Å².